The Labute approximate surface area is 135 Å². The highest BCUT2D eigenvalue weighted by Crippen LogP contribution is 2.15. The Morgan fingerprint density at radius 3 is 2.41 bits per heavy atom. The first-order valence-corrected chi connectivity index (χ1v) is 7.57. The summed E-state index contributed by atoms with van der Waals surface area (Å²) in [6.07, 6.45) is 0.758. The summed E-state index contributed by atoms with van der Waals surface area (Å²) in [7, 11) is 0. The molecule has 0 radical (unpaired) electrons. The number of nitrogens with one attached hydrogen (secondary N) is 2. The number of benzene rings is 2. The molecular formula is C17H19ClN2O2. The number of halogens is 1. The van der Waals surface area contributed by atoms with Gasteiger partial charge in [-0.15, -0.1) is 0 Å². The maximum atomic E-state index is 11.8. The Hall–Kier alpha value is -2.20. The zero-order valence-corrected chi connectivity index (χ0v) is 13.2. The molecule has 0 aliphatic heterocycles. The predicted molar refractivity (Wildman–Crippen MR) is 89.8 cm³/mol. The van der Waals surface area contributed by atoms with Crippen molar-refractivity contribution in [2.75, 3.05) is 18.5 Å². The lowest BCUT2D eigenvalue weighted by Crippen LogP contribution is -2.30. The van der Waals surface area contributed by atoms with Crippen molar-refractivity contribution in [3.8, 4) is 5.75 Å². The molecule has 5 heteroatoms. The van der Waals surface area contributed by atoms with Crippen LogP contribution in [0.25, 0.3) is 0 Å². The number of amides is 2. The highest BCUT2D eigenvalue weighted by atomic mass is 35.5. The van der Waals surface area contributed by atoms with E-state index >= 15 is 0 Å². The van der Waals surface area contributed by atoms with E-state index < -0.39 is 0 Å². The lowest BCUT2D eigenvalue weighted by molar-refractivity contribution is 0.252. The van der Waals surface area contributed by atoms with Crippen LogP contribution in [0.5, 0.6) is 5.75 Å². The molecule has 2 N–H and O–H groups in total. The first kappa shape index (κ1) is 16.2. The summed E-state index contributed by atoms with van der Waals surface area (Å²) in [6, 6.07) is 14.6. The van der Waals surface area contributed by atoms with E-state index in [2.05, 4.69) is 10.6 Å². The SMILES string of the molecule is CCOc1ccc(NC(=O)NCCc2ccc(Cl)cc2)cc1. The van der Waals surface area contributed by atoms with Crippen LogP contribution in [0.2, 0.25) is 5.02 Å². The fourth-order valence-corrected chi connectivity index (χ4v) is 2.07. The zero-order valence-electron chi connectivity index (χ0n) is 12.4. The van der Waals surface area contributed by atoms with Gasteiger partial charge in [-0.2, -0.15) is 0 Å². The van der Waals surface area contributed by atoms with E-state index in [0.29, 0.717) is 18.2 Å². The fourth-order valence-electron chi connectivity index (χ4n) is 1.95. The summed E-state index contributed by atoms with van der Waals surface area (Å²) in [5, 5.41) is 6.31. The lowest BCUT2D eigenvalue weighted by Gasteiger charge is -2.09. The molecule has 0 unspecified atom stereocenters. The number of urea groups is 1. The molecule has 2 aromatic carbocycles. The largest absolute Gasteiger partial charge is 0.494 e. The molecular weight excluding hydrogens is 300 g/mol. The topological polar surface area (TPSA) is 50.4 Å². The first-order chi connectivity index (χ1) is 10.7. The van der Waals surface area contributed by atoms with E-state index in [9.17, 15) is 4.79 Å². The summed E-state index contributed by atoms with van der Waals surface area (Å²) in [5.41, 5.74) is 1.86. The van der Waals surface area contributed by atoms with Gasteiger partial charge in [0.15, 0.2) is 0 Å². The highest BCUT2D eigenvalue weighted by Gasteiger charge is 2.02. The maximum absolute atomic E-state index is 11.8. The standard InChI is InChI=1S/C17H19ClN2O2/c1-2-22-16-9-7-15(8-10-16)20-17(21)19-12-11-13-3-5-14(18)6-4-13/h3-10H,2,11-12H2,1H3,(H2,19,20,21). The van der Waals surface area contributed by atoms with Gasteiger partial charge in [0.1, 0.15) is 5.75 Å². The number of hydrogen-bond donors (Lipinski definition) is 2. The average Bonchev–Trinajstić information content (AvgIpc) is 2.51. The third-order valence-electron chi connectivity index (χ3n) is 3.04. The molecule has 0 aliphatic rings. The summed E-state index contributed by atoms with van der Waals surface area (Å²) < 4.78 is 5.35. The zero-order chi connectivity index (χ0) is 15.8. The Kier molecular flexibility index (Phi) is 6.10. The van der Waals surface area contributed by atoms with Gasteiger partial charge in [-0.1, -0.05) is 23.7 Å². The monoisotopic (exact) mass is 318 g/mol. The summed E-state index contributed by atoms with van der Waals surface area (Å²) in [5.74, 6) is 0.788. The van der Waals surface area contributed by atoms with Gasteiger partial charge in [-0.25, -0.2) is 4.79 Å². The number of ether oxygens (including phenoxy) is 1. The molecule has 0 saturated heterocycles. The van der Waals surface area contributed by atoms with Crippen LogP contribution >= 0.6 is 11.6 Å². The summed E-state index contributed by atoms with van der Waals surface area (Å²) >= 11 is 5.83. The van der Waals surface area contributed by atoms with Crippen molar-refractivity contribution in [2.24, 2.45) is 0 Å². The van der Waals surface area contributed by atoms with Crippen LogP contribution < -0.4 is 15.4 Å². The van der Waals surface area contributed by atoms with E-state index in [1.165, 1.54) is 0 Å². The quantitative estimate of drug-likeness (QED) is 0.842. The number of hydrogen-bond acceptors (Lipinski definition) is 2. The van der Waals surface area contributed by atoms with Gasteiger partial charge in [0, 0.05) is 17.3 Å². The van der Waals surface area contributed by atoms with Crippen molar-refractivity contribution in [1.82, 2.24) is 5.32 Å². The molecule has 2 rings (SSSR count). The van der Waals surface area contributed by atoms with Gasteiger partial charge >= 0.3 is 6.03 Å². The van der Waals surface area contributed by atoms with E-state index in [-0.39, 0.29) is 6.03 Å². The molecule has 0 aromatic heterocycles. The van der Waals surface area contributed by atoms with Crippen molar-refractivity contribution in [3.63, 3.8) is 0 Å². The molecule has 0 saturated carbocycles. The average molecular weight is 319 g/mol. The maximum Gasteiger partial charge on any atom is 0.319 e. The van der Waals surface area contributed by atoms with Gasteiger partial charge in [-0.3, -0.25) is 0 Å². The molecule has 0 bridgehead atoms. The molecule has 0 spiro atoms. The number of rotatable bonds is 6. The second-order valence-electron chi connectivity index (χ2n) is 4.71. The van der Waals surface area contributed by atoms with Crippen LogP contribution in [-0.2, 0) is 6.42 Å². The van der Waals surface area contributed by atoms with Gasteiger partial charge in [-0.05, 0) is 55.3 Å². The van der Waals surface area contributed by atoms with Crippen LogP contribution in [0.4, 0.5) is 10.5 Å². The molecule has 0 aliphatic carbocycles. The third kappa shape index (κ3) is 5.30. The predicted octanol–water partition coefficient (Wildman–Crippen LogP) is 4.10. The second kappa shape index (κ2) is 8.29. The number of carbonyl (C=O) groups excluding carboxylic acids is 1. The van der Waals surface area contributed by atoms with Gasteiger partial charge < -0.3 is 15.4 Å². The van der Waals surface area contributed by atoms with E-state index in [1.807, 2.05) is 55.5 Å². The van der Waals surface area contributed by atoms with Gasteiger partial charge in [0.2, 0.25) is 0 Å². The Morgan fingerprint density at radius 2 is 1.77 bits per heavy atom. The van der Waals surface area contributed by atoms with E-state index in [1.54, 1.807) is 0 Å². The Balaban J connectivity index is 1.74. The molecule has 0 atom stereocenters. The van der Waals surface area contributed by atoms with Crippen LogP contribution in [-0.4, -0.2) is 19.2 Å². The van der Waals surface area contributed by atoms with Crippen molar-refractivity contribution in [1.29, 1.82) is 0 Å². The molecule has 0 heterocycles. The lowest BCUT2D eigenvalue weighted by atomic mass is 10.1. The Morgan fingerprint density at radius 1 is 1.09 bits per heavy atom. The molecule has 4 nitrogen and oxygen atoms in total. The molecule has 22 heavy (non-hydrogen) atoms. The molecule has 0 fully saturated rings. The van der Waals surface area contributed by atoms with E-state index in [0.717, 1.165) is 23.4 Å². The van der Waals surface area contributed by atoms with Gasteiger partial charge in [0.25, 0.3) is 0 Å². The van der Waals surface area contributed by atoms with Crippen LogP contribution in [0, 0.1) is 0 Å². The summed E-state index contributed by atoms with van der Waals surface area (Å²) in [6.45, 7) is 3.11. The third-order valence-corrected chi connectivity index (χ3v) is 3.29. The van der Waals surface area contributed by atoms with Gasteiger partial charge in [0.05, 0.1) is 6.61 Å². The number of anilines is 1. The summed E-state index contributed by atoms with van der Waals surface area (Å²) in [4.78, 5) is 11.8. The smallest absolute Gasteiger partial charge is 0.319 e. The molecule has 2 aromatic rings. The highest BCUT2D eigenvalue weighted by molar-refractivity contribution is 6.30. The number of carbonyl (C=O) groups is 1. The van der Waals surface area contributed by atoms with E-state index in [4.69, 9.17) is 16.3 Å². The fraction of sp³-hybridized carbons (Fsp3) is 0.235. The van der Waals surface area contributed by atoms with Crippen molar-refractivity contribution in [2.45, 2.75) is 13.3 Å². The normalized spacial score (nSPS) is 10.1. The minimum absolute atomic E-state index is 0.224. The first-order valence-electron chi connectivity index (χ1n) is 7.19. The van der Waals surface area contributed by atoms with Crippen molar-refractivity contribution in [3.05, 3.63) is 59.1 Å². The second-order valence-corrected chi connectivity index (χ2v) is 5.15. The molecule has 116 valence electrons. The minimum atomic E-state index is -0.224. The minimum Gasteiger partial charge on any atom is -0.494 e. The van der Waals surface area contributed by atoms with Crippen molar-refractivity contribution >= 4 is 23.3 Å². The van der Waals surface area contributed by atoms with Crippen molar-refractivity contribution < 1.29 is 9.53 Å². The van der Waals surface area contributed by atoms with Crippen LogP contribution in [0.3, 0.4) is 0 Å². The van der Waals surface area contributed by atoms with Crippen LogP contribution in [0.1, 0.15) is 12.5 Å². The van der Waals surface area contributed by atoms with Crippen LogP contribution in [0.15, 0.2) is 48.5 Å². The molecule has 2 amide bonds. The Bertz CT molecular complexity index is 597.